The van der Waals surface area contributed by atoms with Crippen molar-refractivity contribution in [3.05, 3.63) is 23.3 Å². The molecule has 0 aliphatic heterocycles. The van der Waals surface area contributed by atoms with Gasteiger partial charge in [0.1, 0.15) is 5.75 Å². The fourth-order valence-electron chi connectivity index (χ4n) is 1.40. The van der Waals surface area contributed by atoms with Gasteiger partial charge in [0.15, 0.2) is 0 Å². The van der Waals surface area contributed by atoms with E-state index in [2.05, 4.69) is 0 Å². The molecule has 15 heavy (non-hydrogen) atoms. The summed E-state index contributed by atoms with van der Waals surface area (Å²) < 4.78 is 0. The lowest BCUT2D eigenvalue weighted by atomic mass is 10.1. The first kappa shape index (κ1) is 11.9. The highest BCUT2D eigenvalue weighted by Gasteiger charge is 2.11. The highest BCUT2D eigenvalue weighted by molar-refractivity contribution is 7.98. The Morgan fingerprint density at radius 3 is 2.67 bits per heavy atom. The average Bonchev–Trinajstić information content (AvgIpc) is 2.20. The molecule has 0 aromatic heterocycles. The van der Waals surface area contributed by atoms with Crippen molar-refractivity contribution in [2.45, 2.75) is 24.7 Å². The lowest BCUT2D eigenvalue weighted by molar-refractivity contribution is -0.136. The quantitative estimate of drug-likeness (QED) is 0.774. The van der Waals surface area contributed by atoms with Crippen LogP contribution in [0.2, 0.25) is 0 Å². The Labute approximate surface area is 93.1 Å². The van der Waals surface area contributed by atoms with E-state index >= 15 is 0 Å². The van der Waals surface area contributed by atoms with E-state index in [0.717, 1.165) is 16.0 Å². The lowest BCUT2D eigenvalue weighted by Crippen LogP contribution is -1.99. The summed E-state index contributed by atoms with van der Waals surface area (Å²) in [5.41, 5.74) is 1.53. The normalized spacial score (nSPS) is 10.3. The minimum atomic E-state index is -0.844. The molecule has 3 nitrogen and oxygen atoms in total. The van der Waals surface area contributed by atoms with Crippen LogP contribution in [0, 0.1) is 6.92 Å². The van der Waals surface area contributed by atoms with Crippen LogP contribution < -0.4 is 0 Å². The van der Waals surface area contributed by atoms with Crippen LogP contribution in [0.3, 0.4) is 0 Å². The van der Waals surface area contributed by atoms with Crippen molar-refractivity contribution < 1.29 is 15.0 Å². The highest BCUT2D eigenvalue weighted by atomic mass is 32.2. The second-order valence-corrected chi connectivity index (χ2v) is 4.15. The lowest BCUT2D eigenvalue weighted by Gasteiger charge is -2.10. The van der Waals surface area contributed by atoms with E-state index in [1.54, 1.807) is 0 Å². The number of aryl methyl sites for hydroxylation is 1. The Balaban J connectivity index is 3.01. The number of aliphatic carboxylic acids is 1. The Bertz CT molecular complexity index is 374. The number of aromatic hydroxyl groups is 1. The first-order chi connectivity index (χ1) is 7.06. The molecule has 4 heteroatoms. The molecule has 1 rings (SSSR count). The Kier molecular flexibility index (Phi) is 4.03. The Morgan fingerprint density at radius 2 is 2.13 bits per heavy atom. The zero-order valence-corrected chi connectivity index (χ0v) is 9.60. The summed E-state index contributed by atoms with van der Waals surface area (Å²) in [5, 5.41) is 18.4. The SMILES string of the molecule is CSc1ccc(C)c(O)c1CCC(=O)O. The van der Waals surface area contributed by atoms with Crippen LogP contribution in [0.25, 0.3) is 0 Å². The highest BCUT2D eigenvalue weighted by Crippen LogP contribution is 2.31. The largest absolute Gasteiger partial charge is 0.507 e. The summed E-state index contributed by atoms with van der Waals surface area (Å²) in [4.78, 5) is 11.4. The molecule has 0 saturated carbocycles. The van der Waals surface area contributed by atoms with E-state index in [9.17, 15) is 9.90 Å². The molecule has 0 aliphatic carbocycles. The van der Waals surface area contributed by atoms with Gasteiger partial charge in [-0.25, -0.2) is 0 Å². The molecule has 82 valence electrons. The van der Waals surface area contributed by atoms with E-state index in [1.807, 2.05) is 25.3 Å². The zero-order valence-electron chi connectivity index (χ0n) is 8.78. The third kappa shape index (κ3) is 2.89. The average molecular weight is 226 g/mol. The smallest absolute Gasteiger partial charge is 0.303 e. The number of benzene rings is 1. The second-order valence-electron chi connectivity index (χ2n) is 3.31. The predicted octanol–water partition coefficient (Wildman–Crippen LogP) is 2.44. The Morgan fingerprint density at radius 1 is 1.47 bits per heavy atom. The molecule has 0 saturated heterocycles. The summed E-state index contributed by atoms with van der Waals surface area (Å²) in [7, 11) is 0. The van der Waals surface area contributed by atoms with Crippen molar-refractivity contribution in [3.8, 4) is 5.75 Å². The van der Waals surface area contributed by atoms with Crippen LogP contribution in [-0.2, 0) is 11.2 Å². The summed E-state index contributed by atoms with van der Waals surface area (Å²) in [6, 6.07) is 3.75. The number of hydrogen-bond acceptors (Lipinski definition) is 3. The fourth-order valence-corrected chi connectivity index (χ4v) is 2.05. The number of carbonyl (C=O) groups is 1. The maximum Gasteiger partial charge on any atom is 0.303 e. The van der Waals surface area contributed by atoms with Crippen molar-refractivity contribution in [2.24, 2.45) is 0 Å². The van der Waals surface area contributed by atoms with Crippen molar-refractivity contribution in [3.63, 3.8) is 0 Å². The van der Waals surface area contributed by atoms with E-state index < -0.39 is 5.97 Å². The van der Waals surface area contributed by atoms with Gasteiger partial charge in [-0.05, 0) is 31.2 Å². The van der Waals surface area contributed by atoms with Gasteiger partial charge in [-0.15, -0.1) is 11.8 Å². The number of hydrogen-bond donors (Lipinski definition) is 2. The fraction of sp³-hybridized carbons (Fsp3) is 0.364. The third-order valence-corrected chi connectivity index (χ3v) is 3.07. The molecular formula is C11H14O3S. The third-order valence-electron chi connectivity index (χ3n) is 2.25. The number of carboxylic acids is 1. The number of thioether (sulfide) groups is 1. The van der Waals surface area contributed by atoms with Crippen molar-refractivity contribution in [1.29, 1.82) is 0 Å². The number of phenols is 1. The van der Waals surface area contributed by atoms with E-state index in [-0.39, 0.29) is 12.2 Å². The maximum absolute atomic E-state index is 10.5. The minimum absolute atomic E-state index is 0.0462. The molecule has 1 aromatic carbocycles. The molecule has 1 aromatic rings. The molecule has 0 unspecified atom stereocenters. The minimum Gasteiger partial charge on any atom is -0.507 e. The summed E-state index contributed by atoms with van der Waals surface area (Å²) in [5.74, 6) is -0.619. The second kappa shape index (κ2) is 5.07. The van der Waals surface area contributed by atoms with Crippen molar-refractivity contribution in [2.75, 3.05) is 6.26 Å². The number of rotatable bonds is 4. The van der Waals surface area contributed by atoms with Crippen molar-refractivity contribution in [1.82, 2.24) is 0 Å². The van der Waals surface area contributed by atoms with Gasteiger partial charge in [-0.3, -0.25) is 4.79 Å². The van der Waals surface area contributed by atoms with E-state index in [1.165, 1.54) is 11.8 Å². The molecule has 0 spiro atoms. The molecule has 0 atom stereocenters. The van der Waals surface area contributed by atoms with Gasteiger partial charge < -0.3 is 10.2 Å². The van der Waals surface area contributed by atoms with Crippen LogP contribution in [-0.4, -0.2) is 22.4 Å². The topological polar surface area (TPSA) is 57.5 Å². The summed E-state index contributed by atoms with van der Waals surface area (Å²) >= 11 is 1.52. The van der Waals surface area contributed by atoms with Crippen LogP contribution in [0.1, 0.15) is 17.5 Å². The molecule has 0 heterocycles. The maximum atomic E-state index is 10.5. The number of carboxylic acid groups (broad SMARTS) is 1. The van der Waals surface area contributed by atoms with Gasteiger partial charge in [-0.1, -0.05) is 6.07 Å². The van der Waals surface area contributed by atoms with Crippen LogP contribution in [0.5, 0.6) is 5.75 Å². The van der Waals surface area contributed by atoms with Crippen LogP contribution in [0.15, 0.2) is 17.0 Å². The molecule has 2 N–H and O–H groups in total. The molecular weight excluding hydrogens is 212 g/mol. The van der Waals surface area contributed by atoms with Gasteiger partial charge in [-0.2, -0.15) is 0 Å². The van der Waals surface area contributed by atoms with Gasteiger partial charge in [0.25, 0.3) is 0 Å². The first-order valence-electron chi connectivity index (χ1n) is 4.63. The first-order valence-corrected chi connectivity index (χ1v) is 5.86. The van der Waals surface area contributed by atoms with Gasteiger partial charge in [0, 0.05) is 16.9 Å². The Hall–Kier alpha value is -1.16. The monoisotopic (exact) mass is 226 g/mol. The molecule has 0 aliphatic rings. The predicted molar refractivity (Wildman–Crippen MR) is 60.6 cm³/mol. The molecule has 0 bridgehead atoms. The van der Waals surface area contributed by atoms with Gasteiger partial charge in [0.05, 0.1) is 0 Å². The van der Waals surface area contributed by atoms with E-state index in [0.29, 0.717) is 6.42 Å². The van der Waals surface area contributed by atoms with Gasteiger partial charge >= 0.3 is 5.97 Å². The molecule has 0 amide bonds. The number of phenolic OH excluding ortho intramolecular Hbond substituents is 1. The summed E-state index contributed by atoms with van der Waals surface area (Å²) in [6.07, 6.45) is 2.33. The van der Waals surface area contributed by atoms with E-state index in [4.69, 9.17) is 5.11 Å². The molecule has 0 fully saturated rings. The van der Waals surface area contributed by atoms with Crippen molar-refractivity contribution >= 4 is 17.7 Å². The summed E-state index contributed by atoms with van der Waals surface area (Å²) in [6.45, 7) is 1.81. The van der Waals surface area contributed by atoms with Crippen LogP contribution in [0.4, 0.5) is 0 Å². The van der Waals surface area contributed by atoms with Crippen LogP contribution >= 0.6 is 11.8 Å². The standard InChI is InChI=1S/C11H14O3S/c1-7-3-5-9(15-2)8(11(7)14)4-6-10(12)13/h3,5,14H,4,6H2,1-2H3,(H,12,13). The zero-order chi connectivity index (χ0) is 11.4. The molecule has 0 radical (unpaired) electrons. The van der Waals surface area contributed by atoms with Gasteiger partial charge in [0.2, 0.25) is 0 Å².